The molecule has 1 N–H and O–H groups in total. The summed E-state index contributed by atoms with van der Waals surface area (Å²) in [5, 5.41) is 3.87. The molecule has 3 aromatic rings. The molecule has 0 aromatic heterocycles. The highest BCUT2D eigenvalue weighted by Crippen LogP contribution is 2.30. The molecule has 3 aromatic carbocycles. The van der Waals surface area contributed by atoms with Gasteiger partial charge in [-0.3, -0.25) is 13.9 Å². The summed E-state index contributed by atoms with van der Waals surface area (Å²) in [6, 6.07) is 20.4. The number of amides is 2. The van der Waals surface area contributed by atoms with Crippen LogP contribution in [0, 0.1) is 0 Å². The molecule has 0 unspecified atom stereocenters. The molecule has 0 aliphatic carbocycles. The number of rotatable bonds is 15. The van der Waals surface area contributed by atoms with Gasteiger partial charge in [0.15, 0.2) is 0 Å². The lowest BCUT2D eigenvalue weighted by molar-refractivity contribution is -0.141. The minimum Gasteiger partial charge on any atom is -0.495 e. The Labute approximate surface area is 265 Å². The maximum absolute atomic E-state index is 14.0. The molecule has 2 amide bonds. The molecule has 8 nitrogen and oxygen atoms in total. The minimum atomic E-state index is -3.68. The fourth-order valence-electron chi connectivity index (χ4n) is 4.65. The first-order valence-corrected chi connectivity index (χ1v) is 16.7. The van der Waals surface area contributed by atoms with Crippen molar-refractivity contribution in [3.8, 4) is 5.75 Å². The van der Waals surface area contributed by atoms with Gasteiger partial charge in [-0.1, -0.05) is 78.7 Å². The number of hydrogen-bond acceptors (Lipinski definition) is 5. The van der Waals surface area contributed by atoms with Gasteiger partial charge in [-0.25, -0.2) is 8.42 Å². The average molecular weight is 649 g/mol. The molecule has 43 heavy (non-hydrogen) atoms. The highest BCUT2D eigenvalue weighted by Gasteiger charge is 2.31. The number of carbonyl (C=O) groups is 2. The van der Waals surface area contributed by atoms with E-state index in [1.54, 1.807) is 42.5 Å². The molecule has 2 atom stereocenters. The number of para-hydroxylation sites is 2. The van der Waals surface area contributed by atoms with Gasteiger partial charge >= 0.3 is 0 Å². The topological polar surface area (TPSA) is 96.0 Å². The molecule has 0 saturated heterocycles. The van der Waals surface area contributed by atoms with Crippen molar-refractivity contribution in [2.75, 3.05) is 24.2 Å². The van der Waals surface area contributed by atoms with Gasteiger partial charge in [0.05, 0.1) is 19.1 Å². The number of ether oxygens (including phenoxy) is 1. The van der Waals surface area contributed by atoms with E-state index in [0.717, 1.165) is 18.2 Å². The third-order valence-electron chi connectivity index (χ3n) is 7.13. The number of nitrogens with one attached hydrogen (secondary N) is 1. The lowest BCUT2D eigenvalue weighted by atomic mass is 10.0. The zero-order valence-electron chi connectivity index (χ0n) is 24.9. The number of hydrogen-bond donors (Lipinski definition) is 1. The Balaban J connectivity index is 1.94. The molecule has 0 heterocycles. The normalized spacial score (nSPS) is 12.7. The van der Waals surface area contributed by atoms with Crippen molar-refractivity contribution in [3.63, 3.8) is 0 Å². The van der Waals surface area contributed by atoms with E-state index in [1.807, 2.05) is 44.2 Å². The molecule has 232 valence electrons. The van der Waals surface area contributed by atoms with Gasteiger partial charge in [-0.15, -0.1) is 0 Å². The zero-order chi connectivity index (χ0) is 31.6. The van der Waals surface area contributed by atoms with Crippen molar-refractivity contribution in [1.29, 1.82) is 0 Å². The summed E-state index contributed by atoms with van der Waals surface area (Å²) in [5.41, 5.74) is 1.92. The Hall–Kier alpha value is -3.27. The number of benzene rings is 3. The maximum Gasteiger partial charge on any atom is 0.243 e. The molecule has 0 bridgehead atoms. The van der Waals surface area contributed by atoms with Crippen LogP contribution in [-0.2, 0) is 32.6 Å². The number of nitrogens with zero attached hydrogens (tertiary/aromatic N) is 2. The second-order valence-electron chi connectivity index (χ2n) is 10.4. The molecule has 0 fully saturated rings. The van der Waals surface area contributed by atoms with Crippen molar-refractivity contribution in [1.82, 2.24) is 10.2 Å². The molecule has 11 heteroatoms. The van der Waals surface area contributed by atoms with Crippen LogP contribution in [0.25, 0.3) is 0 Å². The quantitative estimate of drug-likeness (QED) is 0.215. The first-order valence-electron chi connectivity index (χ1n) is 14.1. The summed E-state index contributed by atoms with van der Waals surface area (Å²) >= 11 is 12.6. The highest BCUT2D eigenvalue weighted by molar-refractivity contribution is 7.92. The number of anilines is 1. The van der Waals surface area contributed by atoms with Gasteiger partial charge in [-0.2, -0.15) is 0 Å². The molecule has 0 radical (unpaired) electrons. The van der Waals surface area contributed by atoms with Gasteiger partial charge in [-0.05, 0) is 55.2 Å². The molecule has 0 aliphatic heterocycles. The van der Waals surface area contributed by atoms with Gasteiger partial charge in [0, 0.05) is 42.0 Å². The third kappa shape index (κ3) is 9.88. The van der Waals surface area contributed by atoms with Crippen LogP contribution in [0.1, 0.15) is 44.2 Å². The Morgan fingerprint density at radius 3 is 2.30 bits per heavy atom. The third-order valence-corrected chi connectivity index (χ3v) is 8.90. The average Bonchev–Trinajstić information content (AvgIpc) is 2.97. The van der Waals surface area contributed by atoms with Gasteiger partial charge in [0.25, 0.3) is 0 Å². The van der Waals surface area contributed by atoms with Gasteiger partial charge < -0.3 is 15.0 Å². The van der Waals surface area contributed by atoms with E-state index in [0.29, 0.717) is 27.0 Å². The van der Waals surface area contributed by atoms with Crippen molar-refractivity contribution in [2.45, 2.75) is 58.2 Å². The van der Waals surface area contributed by atoms with Crippen molar-refractivity contribution in [2.24, 2.45) is 0 Å². The maximum atomic E-state index is 14.0. The molecule has 0 spiro atoms. The van der Waals surface area contributed by atoms with Crippen molar-refractivity contribution >= 4 is 50.7 Å². The second-order valence-corrected chi connectivity index (χ2v) is 13.1. The Kier molecular flexibility index (Phi) is 12.7. The SMILES string of the molecule is CC[C@@H](C)NC(=O)[C@@H](Cc1ccccc1)N(Cc1ccc(Cl)cc1Cl)C(=O)CCCN(c1ccccc1OC)S(C)(=O)=O. The van der Waals surface area contributed by atoms with E-state index in [1.165, 1.54) is 16.3 Å². The Bertz CT molecular complexity index is 1490. The largest absolute Gasteiger partial charge is 0.495 e. The summed E-state index contributed by atoms with van der Waals surface area (Å²) in [5.74, 6) is -0.175. The van der Waals surface area contributed by atoms with E-state index in [2.05, 4.69) is 5.32 Å². The lowest BCUT2D eigenvalue weighted by Crippen LogP contribution is -2.52. The predicted octanol–water partition coefficient (Wildman–Crippen LogP) is 6.10. The van der Waals surface area contributed by atoms with Gasteiger partial charge in [0.1, 0.15) is 11.8 Å². The fraction of sp³-hybridized carbons (Fsp3) is 0.375. The van der Waals surface area contributed by atoms with E-state index in [4.69, 9.17) is 27.9 Å². The lowest BCUT2D eigenvalue weighted by Gasteiger charge is -2.33. The number of carbonyl (C=O) groups excluding carboxylic acids is 2. The van der Waals surface area contributed by atoms with Crippen LogP contribution >= 0.6 is 23.2 Å². The van der Waals surface area contributed by atoms with Crippen molar-refractivity contribution in [3.05, 3.63) is 94.0 Å². The van der Waals surface area contributed by atoms with Crippen LogP contribution in [0.5, 0.6) is 5.75 Å². The van der Waals surface area contributed by atoms with Crippen molar-refractivity contribution < 1.29 is 22.7 Å². The Morgan fingerprint density at radius 2 is 1.67 bits per heavy atom. The molecule has 3 rings (SSSR count). The first kappa shape index (κ1) is 34.2. The van der Waals surface area contributed by atoms with Crippen LogP contribution in [0.15, 0.2) is 72.8 Å². The highest BCUT2D eigenvalue weighted by atomic mass is 35.5. The van der Waals surface area contributed by atoms with Crippen LogP contribution < -0.4 is 14.4 Å². The number of sulfonamides is 1. The van der Waals surface area contributed by atoms with Crippen LogP contribution in [0.3, 0.4) is 0 Å². The summed E-state index contributed by atoms with van der Waals surface area (Å²) in [7, 11) is -2.21. The minimum absolute atomic E-state index is 0.00568. The summed E-state index contributed by atoms with van der Waals surface area (Å²) in [6.45, 7) is 4.01. The van der Waals surface area contributed by atoms with Gasteiger partial charge in [0.2, 0.25) is 21.8 Å². The molecular weight excluding hydrogens is 609 g/mol. The first-order chi connectivity index (χ1) is 20.4. The van der Waals surface area contributed by atoms with E-state index >= 15 is 0 Å². The van der Waals surface area contributed by atoms with E-state index in [9.17, 15) is 18.0 Å². The van der Waals surface area contributed by atoms with Crippen LogP contribution in [0.2, 0.25) is 10.0 Å². The molecular formula is C32H39Cl2N3O5S. The number of halogens is 2. The monoisotopic (exact) mass is 647 g/mol. The summed E-state index contributed by atoms with van der Waals surface area (Å²) < 4.78 is 32.1. The second kappa shape index (κ2) is 16.0. The number of methoxy groups -OCH3 is 1. The molecule has 0 aliphatic rings. The summed E-state index contributed by atoms with van der Waals surface area (Å²) in [4.78, 5) is 29.2. The smallest absolute Gasteiger partial charge is 0.243 e. The van der Waals surface area contributed by atoms with Crippen LogP contribution in [0.4, 0.5) is 5.69 Å². The van der Waals surface area contributed by atoms with E-state index < -0.39 is 16.1 Å². The fourth-order valence-corrected chi connectivity index (χ4v) is 6.08. The van der Waals surface area contributed by atoms with Crippen LogP contribution in [-0.4, -0.2) is 57.1 Å². The Morgan fingerprint density at radius 1 is 1.00 bits per heavy atom. The molecule has 0 saturated carbocycles. The van der Waals surface area contributed by atoms with E-state index in [-0.39, 0.29) is 50.2 Å². The zero-order valence-corrected chi connectivity index (χ0v) is 27.3. The standard InChI is InChI=1S/C32H39Cl2N3O5S/c1-5-23(2)35-32(39)29(20-24-12-7-6-8-13-24)36(22-25-17-18-26(33)21-27(25)34)31(38)16-11-19-37(43(4,40)41)28-14-9-10-15-30(28)42-3/h6-10,12-15,17-18,21,23,29H,5,11,16,19-20,22H2,1-4H3,(H,35,39)/t23-,29-/m1/s1. The predicted molar refractivity (Wildman–Crippen MR) is 173 cm³/mol. The summed E-state index contributed by atoms with van der Waals surface area (Å²) in [6.07, 6.45) is 2.33.